The highest BCUT2D eigenvalue weighted by atomic mass is 127. The van der Waals surface area contributed by atoms with Crippen LogP contribution in [0.4, 0.5) is 0 Å². The number of carbonyl (C=O) groups excluding carboxylic acids is 1. The highest BCUT2D eigenvalue weighted by Gasteiger charge is 2.36. The zero-order valence-corrected chi connectivity index (χ0v) is 15.4. The second-order valence-corrected chi connectivity index (χ2v) is 7.56. The van der Waals surface area contributed by atoms with Crippen LogP contribution in [0.1, 0.15) is 30.1 Å². The minimum Gasteiger partial charge on any atom is -0.409 e. The van der Waals surface area contributed by atoms with E-state index in [4.69, 9.17) is 10.9 Å². The monoisotopic (exact) mass is 465 g/mol. The largest absolute Gasteiger partial charge is 0.409 e. The third-order valence-corrected chi connectivity index (χ3v) is 5.40. The first-order valence-corrected chi connectivity index (χ1v) is 8.47. The minimum atomic E-state index is -0.339. The number of amides is 1. The van der Waals surface area contributed by atoms with Crippen LogP contribution < -0.4 is 5.73 Å². The molecule has 1 aromatic rings. The van der Waals surface area contributed by atoms with Crippen molar-refractivity contribution in [1.29, 1.82) is 0 Å². The molecule has 7 heteroatoms. The predicted octanol–water partition coefficient (Wildman–Crippen LogP) is 3.04. The van der Waals surface area contributed by atoms with E-state index < -0.39 is 0 Å². The molecule has 0 atom stereocenters. The average molecular weight is 466 g/mol. The lowest BCUT2D eigenvalue weighted by molar-refractivity contribution is 0.0665. The molecule has 0 radical (unpaired) electrons. The van der Waals surface area contributed by atoms with Gasteiger partial charge in [0, 0.05) is 26.5 Å². The van der Waals surface area contributed by atoms with E-state index in [2.05, 4.69) is 43.7 Å². The van der Waals surface area contributed by atoms with Crippen molar-refractivity contribution in [3.63, 3.8) is 0 Å². The van der Waals surface area contributed by atoms with Crippen molar-refractivity contribution in [3.8, 4) is 0 Å². The molecule has 21 heavy (non-hydrogen) atoms. The van der Waals surface area contributed by atoms with Gasteiger partial charge in [-0.15, -0.1) is 0 Å². The van der Waals surface area contributed by atoms with Crippen LogP contribution in [0.25, 0.3) is 0 Å². The summed E-state index contributed by atoms with van der Waals surface area (Å²) in [5, 5.41) is 12.0. The Balaban J connectivity index is 2.12. The number of carbonyl (C=O) groups is 1. The van der Waals surface area contributed by atoms with E-state index in [9.17, 15) is 4.79 Å². The third-order valence-electron chi connectivity index (χ3n) is 4.04. The molecule has 2 rings (SSSR count). The minimum absolute atomic E-state index is 0.0157. The first-order chi connectivity index (χ1) is 9.87. The normalized spacial score (nSPS) is 18.6. The van der Waals surface area contributed by atoms with E-state index in [0.717, 1.165) is 8.04 Å². The predicted molar refractivity (Wildman–Crippen MR) is 93.5 cm³/mol. The zero-order valence-electron chi connectivity index (χ0n) is 11.6. The van der Waals surface area contributed by atoms with Crippen LogP contribution in [0.5, 0.6) is 0 Å². The van der Waals surface area contributed by atoms with Crippen molar-refractivity contribution in [3.05, 3.63) is 31.8 Å². The van der Waals surface area contributed by atoms with Crippen molar-refractivity contribution in [2.24, 2.45) is 16.3 Å². The molecule has 0 unspecified atom stereocenters. The smallest absolute Gasteiger partial charge is 0.255 e. The van der Waals surface area contributed by atoms with E-state index in [0.29, 0.717) is 31.5 Å². The van der Waals surface area contributed by atoms with Gasteiger partial charge in [-0.05, 0) is 69.6 Å². The van der Waals surface area contributed by atoms with Crippen LogP contribution in [-0.4, -0.2) is 34.9 Å². The summed E-state index contributed by atoms with van der Waals surface area (Å²) in [6.45, 7) is 3.16. The molecule has 1 fully saturated rings. The Hall–Kier alpha value is -0.830. The van der Waals surface area contributed by atoms with Crippen LogP contribution in [-0.2, 0) is 0 Å². The number of rotatable bonds is 2. The first kappa shape index (κ1) is 16.5. The van der Waals surface area contributed by atoms with Crippen molar-refractivity contribution in [2.75, 3.05) is 13.1 Å². The lowest BCUT2D eigenvalue weighted by Gasteiger charge is -2.38. The lowest BCUT2D eigenvalue weighted by atomic mass is 9.79. The zero-order chi connectivity index (χ0) is 15.6. The Labute approximate surface area is 145 Å². The van der Waals surface area contributed by atoms with Gasteiger partial charge >= 0.3 is 0 Å². The Kier molecular flexibility index (Phi) is 5.13. The van der Waals surface area contributed by atoms with Gasteiger partial charge in [0.1, 0.15) is 5.84 Å². The highest BCUT2D eigenvalue weighted by Crippen LogP contribution is 2.32. The number of halogens is 2. The fourth-order valence-electron chi connectivity index (χ4n) is 2.41. The molecular weight excluding hydrogens is 449 g/mol. The SMILES string of the molecule is CC1(/C(N)=N/O)CCN(C(=O)c2cc(I)ccc2Br)CC1. The molecule has 0 spiro atoms. The molecule has 0 aliphatic carbocycles. The summed E-state index contributed by atoms with van der Waals surface area (Å²) < 4.78 is 1.83. The molecule has 5 nitrogen and oxygen atoms in total. The van der Waals surface area contributed by atoms with Crippen LogP contribution >= 0.6 is 38.5 Å². The maximum Gasteiger partial charge on any atom is 0.255 e. The summed E-state index contributed by atoms with van der Waals surface area (Å²) in [4.78, 5) is 14.4. The van der Waals surface area contributed by atoms with Crippen molar-refractivity contribution in [2.45, 2.75) is 19.8 Å². The van der Waals surface area contributed by atoms with Gasteiger partial charge < -0.3 is 15.8 Å². The number of hydrogen-bond donors (Lipinski definition) is 2. The van der Waals surface area contributed by atoms with Crippen molar-refractivity contribution in [1.82, 2.24) is 4.90 Å². The van der Waals surface area contributed by atoms with Gasteiger partial charge in [-0.1, -0.05) is 12.1 Å². The van der Waals surface area contributed by atoms with Gasteiger partial charge in [-0.3, -0.25) is 4.79 Å². The number of piperidine rings is 1. The molecule has 1 aliphatic rings. The van der Waals surface area contributed by atoms with Crippen LogP contribution in [0.3, 0.4) is 0 Å². The van der Waals surface area contributed by atoms with Crippen LogP contribution in [0.2, 0.25) is 0 Å². The number of benzene rings is 1. The van der Waals surface area contributed by atoms with E-state index in [1.165, 1.54) is 0 Å². The van der Waals surface area contributed by atoms with Gasteiger partial charge in [0.2, 0.25) is 0 Å². The maximum atomic E-state index is 12.6. The molecule has 0 saturated carbocycles. The van der Waals surface area contributed by atoms with E-state index in [1.54, 1.807) is 0 Å². The number of oxime groups is 1. The van der Waals surface area contributed by atoms with Gasteiger partial charge in [0.05, 0.1) is 5.56 Å². The summed E-state index contributed by atoms with van der Waals surface area (Å²) in [5.74, 6) is 0.256. The molecule has 1 aliphatic heterocycles. The van der Waals surface area contributed by atoms with Gasteiger partial charge in [0.15, 0.2) is 0 Å². The first-order valence-electron chi connectivity index (χ1n) is 6.60. The second-order valence-electron chi connectivity index (χ2n) is 5.46. The quantitative estimate of drug-likeness (QED) is 0.231. The molecule has 1 saturated heterocycles. The van der Waals surface area contributed by atoms with E-state index in [-0.39, 0.29) is 17.2 Å². The fraction of sp³-hybridized carbons (Fsp3) is 0.429. The Morgan fingerprint density at radius 1 is 1.48 bits per heavy atom. The topological polar surface area (TPSA) is 78.9 Å². The van der Waals surface area contributed by atoms with E-state index in [1.807, 2.05) is 30.0 Å². The number of hydrogen-bond acceptors (Lipinski definition) is 3. The van der Waals surface area contributed by atoms with Crippen LogP contribution in [0, 0.1) is 8.99 Å². The molecule has 114 valence electrons. The summed E-state index contributed by atoms with van der Waals surface area (Å²) >= 11 is 5.63. The molecule has 1 heterocycles. The van der Waals surface area contributed by atoms with E-state index >= 15 is 0 Å². The summed E-state index contributed by atoms with van der Waals surface area (Å²) in [6.07, 6.45) is 1.38. The van der Waals surface area contributed by atoms with Crippen LogP contribution in [0.15, 0.2) is 27.8 Å². The summed E-state index contributed by atoms with van der Waals surface area (Å²) in [6, 6.07) is 5.72. The molecule has 3 N–H and O–H groups in total. The Bertz CT molecular complexity index is 584. The third kappa shape index (κ3) is 3.50. The van der Waals surface area contributed by atoms with Gasteiger partial charge in [-0.25, -0.2) is 0 Å². The number of likely N-dealkylation sites (tertiary alicyclic amines) is 1. The van der Waals surface area contributed by atoms with Gasteiger partial charge in [0.25, 0.3) is 5.91 Å². The van der Waals surface area contributed by atoms with Crippen molar-refractivity contribution < 1.29 is 10.0 Å². The second kappa shape index (κ2) is 6.51. The molecule has 0 bridgehead atoms. The molecule has 0 aromatic heterocycles. The number of nitrogens with two attached hydrogens (primary N) is 1. The number of amidine groups is 1. The number of nitrogens with zero attached hydrogens (tertiary/aromatic N) is 2. The standard InChI is InChI=1S/C14H17BrIN3O2/c1-14(13(17)18-21)4-6-19(7-5-14)12(20)10-8-9(16)2-3-11(10)15/h2-3,8,21H,4-7H2,1H3,(H2,17,18). The lowest BCUT2D eigenvalue weighted by Crippen LogP contribution is -2.47. The summed E-state index contributed by atoms with van der Waals surface area (Å²) in [7, 11) is 0. The average Bonchev–Trinajstić information content (AvgIpc) is 2.49. The molecule has 1 amide bonds. The maximum absolute atomic E-state index is 12.6. The van der Waals surface area contributed by atoms with Gasteiger partial charge in [-0.2, -0.15) is 0 Å². The fourth-order valence-corrected chi connectivity index (χ4v) is 3.32. The Morgan fingerprint density at radius 2 is 2.10 bits per heavy atom. The highest BCUT2D eigenvalue weighted by molar-refractivity contribution is 14.1. The summed E-state index contributed by atoms with van der Waals surface area (Å²) in [5.41, 5.74) is 6.08. The molecular formula is C14H17BrIN3O2. The molecule has 1 aromatic carbocycles. The Morgan fingerprint density at radius 3 is 2.67 bits per heavy atom. The van der Waals surface area contributed by atoms with Crippen molar-refractivity contribution >= 4 is 50.3 Å².